The maximum atomic E-state index is 5.99. The Bertz CT molecular complexity index is 376. The highest BCUT2D eigenvalue weighted by atomic mass is 16.6. The number of rotatable bonds is 1. The van der Waals surface area contributed by atoms with E-state index in [9.17, 15) is 0 Å². The second kappa shape index (κ2) is 4.23. The first kappa shape index (κ1) is 11.7. The molecular weight excluding hydrogens is 199 g/mol. The molecule has 0 radical (unpaired) electrons. The molecule has 0 N–H and O–H groups in total. The molecule has 1 aromatic rings. The average molecular weight is 218 g/mol. The zero-order chi connectivity index (χ0) is 11.8. The molecule has 0 aromatic heterocycles. The van der Waals surface area contributed by atoms with Crippen molar-refractivity contribution >= 4 is 12.6 Å². The Balaban J connectivity index is 2.25. The van der Waals surface area contributed by atoms with E-state index < -0.39 is 0 Å². The summed E-state index contributed by atoms with van der Waals surface area (Å²) in [6, 6.07) is 8.24. The van der Waals surface area contributed by atoms with Gasteiger partial charge in [0, 0.05) is 6.10 Å². The van der Waals surface area contributed by atoms with Gasteiger partial charge in [0.25, 0.3) is 0 Å². The molecule has 1 saturated heterocycles. The van der Waals surface area contributed by atoms with Gasteiger partial charge >= 0.3 is 7.12 Å². The monoisotopic (exact) mass is 218 g/mol. The Morgan fingerprint density at radius 2 is 2.00 bits per heavy atom. The minimum atomic E-state index is -0.222. The van der Waals surface area contributed by atoms with Gasteiger partial charge in [-0.2, -0.15) is 0 Å². The summed E-state index contributed by atoms with van der Waals surface area (Å²) in [7, 11) is -0.222. The van der Waals surface area contributed by atoms with Gasteiger partial charge in [-0.15, -0.1) is 0 Å². The van der Waals surface area contributed by atoms with Crippen LogP contribution in [0.5, 0.6) is 0 Å². The summed E-state index contributed by atoms with van der Waals surface area (Å²) in [5.41, 5.74) is 2.25. The fourth-order valence-corrected chi connectivity index (χ4v) is 2.31. The van der Waals surface area contributed by atoms with Gasteiger partial charge in [0.1, 0.15) is 0 Å². The van der Waals surface area contributed by atoms with Crippen LogP contribution in [0.4, 0.5) is 0 Å². The van der Waals surface area contributed by atoms with Crippen molar-refractivity contribution in [1.82, 2.24) is 0 Å². The molecule has 0 aliphatic carbocycles. The van der Waals surface area contributed by atoms with Gasteiger partial charge in [0.15, 0.2) is 0 Å². The average Bonchev–Trinajstić information content (AvgIpc) is 2.15. The summed E-state index contributed by atoms with van der Waals surface area (Å²) >= 11 is 0. The summed E-state index contributed by atoms with van der Waals surface area (Å²) in [4.78, 5) is 0. The Hall–Kier alpha value is -0.795. The smallest absolute Gasteiger partial charge is 0.405 e. The standard InChI is InChI=1S/C13H19BO2/c1-10-7-5-6-8-12(10)14-15-11(2)9-13(3,4)16-14/h5-8,11H,9H2,1-4H3/t11-/m1/s1. The lowest BCUT2D eigenvalue weighted by atomic mass is 9.73. The second-order valence-corrected chi connectivity index (χ2v) is 5.22. The molecule has 1 aromatic carbocycles. The highest BCUT2D eigenvalue weighted by Crippen LogP contribution is 2.25. The first-order valence-corrected chi connectivity index (χ1v) is 5.87. The predicted octanol–water partition coefficient (Wildman–Crippen LogP) is 2.29. The fraction of sp³-hybridized carbons (Fsp3) is 0.538. The maximum Gasteiger partial charge on any atom is 0.494 e. The summed E-state index contributed by atoms with van der Waals surface area (Å²) in [5, 5.41) is 0. The van der Waals surface area contributed by atoms with Crippen molar-refractivity contribution in [3.63, 3.8) is 0 Å². The van der Waals surface area contributed by atoms with Gasteiger partial charge in [-0.05, 0) is 39.6 Å². The van der Waals surface area contributed by atoms with Crippen LogP contribution in [0.1, 0.15) is 32.8 Å². The van der Waals surface area contributed by atoms with E-state index in [1.165, 1.54) is 5.56 Å². The molecule has 1 fully saturated rings. The molecule has 0 unspecified atom stereocenters. The molecule has 16 heavy (non-hydrogen) atoms. The van der Waals surface area contributed by atoms with Gasteiger partial charge in [0.2, 0.25) is 0 Å². The molecule has 0 amide bonds. The lowest BCUT2D eigenvalue weighted by molar-refractivity contribution is -0.0230. The lowest BCUT2D eigenvalue weighted by Crippen LogP contribution is -2.52. The summed E-state index contributed by atoms with van der Waals surface area (Å²) in [6.45, 7) is 8.44. The van der Waals surface area contributed by atoms with E-state index in [4.69, 9.17) is 9.31 Å². The highest BCUT2D eigenvalue weighted by Gasteiger charge is 2.38. The Kier molecular flexibility index (Phi) is 3.09. The minimum Gasteiger partial charge on any atom is -0.405 e. The summed E-state index contributed by atoms with van der Waals surface area (Å²) in [5.74, 6) is 0. The Morgan fingerprint density at radius 1 is 1.31 bits per heavy atom. The molecule has 0 saturated carbocycles. The minimum absolute atomic E-state index is 0.107. The van der Waals surface area contributed by atoms with Crippen LogP contribution in [-0.4, -0.2) is 18.8 Å². The zero-order valence-electron chi connectivity index (χ0n) is 10.5. The van der Waals surface area contributed by atoms with Crippen LogP contribution < -0.4 is 5.46 Å². The van der Waals surface area contributed by atoms with Crippen molar-refractivity contribution in [2.75, 3.05) is 0 Å². The molecule has 0 spiro atoms. The number of hydrogen-bond donors (Lipinski definition) is 0. The summed E-state index contributed by atoms with van der Waals surface area (Å²) in [6.07, 6.45) is 1.18. The largest absolute Gasteiger partial charge is 0.494 e. The normalized spacial score (nSPS) is 24.5. The zero-order valence-corrected chi connectivity index (χ0v) is 10.5. The third-order valence-electron chi connectivity index (χ3n) is 3.00. The molecule has 1 heterocycles. The molecule has 1 aliphatic rings. The molecule has 2 nitrogen and oxygen atoms in total. The van der Waals surface area contributed by atoms with Gasteiger partial charge in [-0.25, -0.2) is 0 Å². The van der Waals surface area contributed by atoms with E-state index in [2.05, 4.69) is 39.8 Å². The number of benzene rings is 1. The van der Waals surface area contributed by atoms with Gasteiger partial charge < -0.3 is 9.31 Å². The van der Waals surface area contributed by atoms with Crippen LogP contribution in [0.25, 0.3) is 0 Å². The Labute approximate surface area is 98.1 Å². The van der Waals surface area contributed by atoms with Crippen LogP contribution in [0.15, 0.2) is 24.3 Å². The van der Waals surface area contributed by atoms with Crippen molar-refractivity contribution in [3.8, 4) is 0 Å². The van der Waals surface area contributed by atoms with Crippen molar-refractivity contribution in [3.05, 3.63) is 29.8 Å². The Morgan fingerprint density at radius 3 is 2.62 bits per heavy atom. The summed E-state index contributed by atoms with van der Waals surface area (Å²) < 4.78 is 11.9. The first-order valence-electron chi connectivity index (χ1n) is 5.87. The third-order valence-corrected chi connectivity index (χ3v) is 3.00. The van der Waals surface area contributed by atoms with Crippen molar-refractivity contribution in [2.24, 2.45) is 0 Å². The number of hydrogen-bond acceptors (Lipinski definition) is 2. The van der Waals surface area contributed by atoms with Crippen molar-refractivity contribution in [2.45, 2.75) is 45.8 Å². The molecular formula is C13H19BO2. The van der Waals surface area contributed by atoms with E-state index in [0.717, 1.165) is 11.9 Å². The van der Waals surface area contributed by atoms with Crippen molar-refractivity contribution < 1.29 is 9.31 Å². The van der Waals surface area contributed by atoms with Gasteiger partial charge in [0.05, 0.1) is 5.60 Å². The highest BCUT2D eigenvalue weighted by molar-refractivity contribution is 6.62. The number of aryl methyl sites for hydroxylation is 1. The van der Waals surface area contributed by atoms with Gasteiger partial charge in [-0.1, -0.05) is 29.8 Å². The predicted molar refractivity (Wildman–Crippen MR) is 66.9 cm³/mol. The fourth-order valence-electron chi connectivity index (χ4n) is 2.31. The van der Waals surface area contributed by atoms with Crippen LogP contribution in [-0.2, 0) is 9.31 Å². The van der Waals surface area contributed by atoms with Crippen molar-refractivity contribution in [1.29, 1.82) is 0 Å². The van der Waals surface area contributed by atoms with Crippen LogP contribution >= 0.6 is 0 Å². The molecule has 86 valence electrons. The molecule has 1 atom stereocenters. The van der Waals surface area contributed by atoms with E-state index in [1.807, 2.05) is 12.1 Å². The van der Waals surface area contributed by atoms with Crippen LogP contribution in [0, 0.1) is 6.92 Å². The topological polar surface area (TPSA) is 18.5 Å². The first-order chi connectivity index (χ1) is 7.48. The van der Waals surface area contributed by atoms with Gasteiger partial charge in [-0.3, -0.25) is 0 Å². The van der Waals surface area contributed by atoms with E-state index in [0.29, 0.717) is 0 Å². The molecule has 3 heteroatoms. The molecule has 2 rings (SSSR count). The maximum absolute atomic E-state index is 5.99. The second-order valence-electron chi connectivity index (χ2n) is 5.22. The molecule has 1 aliphatic heterocycles. The quantitative estimate of drug-likeness (QED) is 0.673. The van der Waals surface area contributed by atoms with E-state index >= 15 is 0 Å². The van der Waals surface area contributed by atoms with Crippen LogP contribution in [0.3, 0.4) is 0 Å². The van der Waals surface area contributed by atoms with Crippen LogP contribution in [0.2, 0.25) is 0 Å². The third kappa shape index (κ3) is 2.47. The molecule has 0 bridgehead atoms. The lowest BCUT2D eigenvalue weighted by Gasteiger charge is -2.38. The van der Waals surface area contributed by atoms with E-state index in [1.54, 1.807) is 0 Å². The van der Waals surface area contributed by atoms with E-state index in [-0.39, 0.29) is 18.8 Å². The SMILES string of the molecule is Cc1ccccc1B1O[C@H](C)CC(C)(C)O1.